The van der Waals surface area contributed by atoms with Crippen molar-refractivity contribution in [2.75, 3.05) is 20.8 Å². The molecule has 1 rings (SSSR count). The number of amides is 1. The molecule has 0 aromatic rings. The molecule has 0 bridgehead atoms. The molecule has 1 unspecified atom stereocenters. The topological polar surface area (TPSA) is 29.5 Å². The molecule has 3 heteroatoms. The maximum atomic E-state index is 11.5. The van der Waals surface area contributed by atoms with Gasteiger partial charge in [0.25, 0.3) is 0 Å². The summed E-state index contributed by atoms with van der Waals surface area (Å²) in [6, 6.07) is 0.197. The summed E-state index contributed by atoms with van der Waals surface area (Å²) in [4.78, 5) is 13.3. The highest BCUT2D eigenvalue weighted by Gasteiger charge is 2.33. The van der Waals surface area contributed by atoms with Gasteiger partial charge in [-0.3, -0.25) is 4.79 Å². The van der Waals surface area contributed by atoms with Crippen LogP contribution < -0.4 is 0 Å². The van der Waals surface area contributed by atoms with Crippen molar-refractivity contribution in [2.45, 2.75) is 25.8 Å². The Morgan fingerprint density at radius 2 is 2.25 bits per heavy atom. The zero-order valence-corrected chi connectivity index (χ0v) is 8.04. The van der Waals surface area contributed by atoms with E-state index in [0.717, 1.165) is 12.8 Å². The number of methoxy groups -OCH3 is 1. The predicted octanol–water partition coefficient (Wildman–Crippen LogP) is 0.890. The van der Waals surface area contributed by atoms with Crippen LogP contribution in [0, 0.1) is 5.92 Å². The van der Waals surface area contributed by atoms with Crippen molar-refractivity contribution < 1.29 is 9.53 Å². The normalized spacial score (nSPS) is 18.9. The summed E-state index contributed by atoms with van der Waals surface area (Å²) in [5.41, 5.74) is 0. The monoisotopic (exact) mass is 171 g/mol. The molecule has 70 valence electrons. The second-order valence-electron chi connectivity index (χ2n) is 3.53. The van der Waals surface area contributed by atoms with E-state index in [9.17, 15) is 4.79 Å². The van der Waals surface area contributed by atoms with Crippen LogP contribution in [0.3, 0.4) is 0 Å². The van der Waals surface area contributed by atoms with Gasteiger partial charge in [0, 0.05) is 20.1 Å². The fraction of sp³-hybridized carbons (Fsp3) is 0.889. The lowest BCUT2D eigenvalue weighted by Gasteiger charge is -2.24. The molecule has 0 aromatic heterocycles. The molecule has 0 radical (unpaired) electrons. The van der Waals surface area contributed by atoms with E-state index in [0.29, 0.717) is 12.5 Å². The minimum atomic E-state index is 0.197. The Morgan fingerprint density at radius 3 is 2.67 bits per heavy atom. The second-order valence-corrected chi connectivity index (χ2v) is 3.53. The molecule has 0 saturated heterocycles. The molecule has 0 aromatic carbocycles. The van der Waals surface area contributed by atoms with Gasteiger partial charge in [0.05, 0.1) is 12.6 Å². The quantitative estimate of drug-likeness (QED) is 0.628. The Morgan fingerprint density at radius 1 is 1.67 bits per heavy atom. The molecular formula is C9H17NO2. The molecule has 0 heterocycles. The minimum absolute atomic E-state index is 0.197. The summed E-state index contributed by atoms with van der Waals surface area (Å²) in [5.74, 6) is 0.592. The third-order valence-electron chi connectivity index (χ3n) is 2.34. The first-order valence-electron chi connectivity index (χ1n) is 4.42. The maximum Gasteiger partial charge on any atom is 0.225 e. The first kappa shape index (κ1) is 9.52. The van der Waals surface area contributed by atoms with E-state index in [1.165, 1.54) is 0 Å². The van der Waals surface area contributed by atoms with E-state index >= 15 is 0 Å². The van der Waals surface area contributed by atoms with Gasteiger partial charge in [-0.05, 0) is 19.8 Å². The van der Waals surface area contributed by atoms with E-state index < -0.39 is 0 Å². The van der Waals surface area contributed by atoms with Gasteiger partial charge in [-0.1, -0.05) is 0 Å². The molecule has 1 atom stereocenters. The van der Waals surface area contributed by atoms with Gasteiger partial charge in [-0.25, -0.2) is 0 Å². The average Bonchev–Trinajstić information content (AvgIpc) is 2.84. The van der Waals surface area contributed by atoms with Crippen LogP contribution in [0.1, 0.15) is 19.8 Å². The number of hydrogen-bond donors (Lipinski definition) is 0. The van der Waals surface area contributed by atoms with Crippen LogP contribution in [0.5, 0.6) is 0 Å². The van der Waals surface area contributed by atoms with E-state index in [1.807, 2.05) is 14.0 Å². The van der Waals surface area contributed by atoms with Crippen LogP contribution in [0.2, 0.25) is 0 Å². The third kappa shape index (κ3) is 2.21. The SMILES string of the molecule is COCC(C)N(C)C(=O)C1CC1. The van der Waals surface area contributed by atoms with Crippen LogP contribution in [0.15, 0.2) is 0 Å². The zero-order valence-electron chi connectivity index (χ0n) is 8.04. The van der Waals surface area contributed by atoms with E-state index in [-0.39, 0.29) is 11.9 Å². The lowest BCUT2D eigenvalue weighted by atomic mass is 10.2. The van der Waals surface area contributed by atoms with Crippen molar-refractivity contribution >= 4 is 5.91 Å². The Kier molecular flexibility index (Phi) is 3.09. The van der Waals surface area contributed by atoms with E-state index in [4.69, 9.17) is 4.74 Å². The Bertz CT molecular complexity index is 166. The van der Waals surface area contributed by atoms with Crippen LogP contribution in [-0.4, -0.2) is 37.6 Å². The molecule has 1 amide bonds. The van der Waals surface area contributed by atoms with Gasteiger partial charge < -0.3 is 9.64 Å². The number of carbonyl (C=O) groups is 1. The summed E-state index contributed by atoms with van der Waals surface area (Å²) in [5, 5.41) is 0. The summed E-state index contributed by atoms with van der Waals surface area (Å²) in [6.07, 6.45) is 2.14. The summed E-state index contributed by atoms with van der Waals surface area (Å²) >= 11 is 0. The maximum absolute atomic E-state index is 11.5. The highest BCUT2D eigenvalue weighted by Crippen LogP contribution is 2.31. The molecule has 12 heavy (non-hydrogen) atoms. The molecule has 1 aliphatic carbocycles. The number of carbonyl (C=O) groups excluding carboxylic acids is 1. The van der Waals surface area contributed by atoms with Crippen molar-refractivity contribution in [3.63, 3.8) is 0 Å². The van der Waals surface area contributed by atoms with Crippen LogP contribution in [0.25, 0.3) is 0 Å². The lowest BCUT2D eigenvalue weighted by Crippen LogP contribution is -2.38. The van der Waals surface area contributed by atoms with Crippen LogP contribution in [-0.2, 0) is 9.53 Å². The van der Waals surface area contributed by atoms with Crippen molar-refractivity contribution in [2.24, 2.45) is 5.92 Å². The largest absolute Gasteiger partial charge is 0.383 e. The van der Waals surface area contributed by atoms with Gasteiger partial charge in [0.2, 0.25) is 5.91 Å². The highest BCUT2D eigenvalue weighted by atomic mass is 16.5. The molecule has 1 aliphatic rings. The molecule has 0 spiro atoms. The van der Waals surface area contributed by atoms with Crippen molar-refractivity contribution in [1.29, 1.82) is 0 Å². The second kappa shape index (κ2) is 3.90. The number of nitrogens with zero attached hydrogens (tertiary/aromatic N) is 1. The molecular weight excluding hydrogens is 154 g/mol. The fourth-order valence-electron chi connectivity index (χ4n) is 1.19. The smallest absolute Gasteiger partial charge is 0.225 e. The van der Waals surface area contributed by atoms with Gasteiger partial charge in [-0.2, -0.15) is 0 Å². The van der Waals surface area contributed by atoms with Gasteiger partial charge in [0.1, 0.15) is 0 Å². The lowest BCUT2D eigenvalue weighted by molar-refractivity contribution is -0.133. The number of rotatable bonds is 4. The highest BCUT2D eigenvalue weighted by molar-refractivity contribution is 5.81. The Hall–Kier alpha value is -0.570. The van der Waals surface area contributed by atoms with Gasteiger partial charge >= 0.3 is 0 Å². The fourth-order valence-corrected chi connectivity index (χ4v) is 1.19. The Balaban J connectivity index is 2.33. The molecule has 3 nitrogen and oxygen atoms in total. The summed E-state index contributed by atoms with van der Waals surface area (Å²) in [6.45, 7) is 2.62. The third-order valence-corrected chi connectivity index (χ3v) is 2.34. The number of likely N-dealkylation sites (N-methyl/N-ethyl adjacent to an activating group) is 1. The van der Waals surface area contributed by atoms with E-state index in [2.05, 4.69) is 0 Å². The van der Waals surface area contributed by atoms with Crippen LogP contribution in [0.4, 0.5) is 0 Å². The van der Waals surface area contributed by atoms with E-state index in [1.54, 1.807) is 12.0 Å². The summed E-state index contributed by atoms with van der Waals surface area (Å²) in [7, 11) is 3.51. The van der Waals surface area contributed by atoms with Crippen molar-refractivity contribution in [3.05, 3.63) is 0 Å². The number of ether oxygens (including phenoxy) is 1. The first-order valence-corrected chi connectivity index (χ1v) is 4.42. The molecule has 1 fully saturated rings. The van der Waals surface area contributed by atoms with Crippen LogP contribution >= 0.6 is 0 Å². The summed E-state index contributed by atoms with van der Waals surface area (Å²) < 4.78 is 4.98. The molecule has 0 aliphatic heterocycles. The van der Waals surface area contributed by atoms with Crippen molar-refractivity contribution in [1.82, 2.24) is 4.90 Å². The molecule has 1 saturated carbocycles. The van der Waals surface area contributed by atoms with Gasteiger partial charge in [0.15, 0.2) is 0 Å². The Labute approximate surface area is 73.7 Å². The zero-order chi connectivity index (χ0) is 9.14. The average molecular weight is 171 g/mol. The first-order chi connectivity index (χ1) is 5.66. The predicted molar refractivity (Wildman–Crippen MR) is 46.8 cm³/mol. The van der Waals surface area contributed by atoms with Gasteiger partial charge in [-0.15, -0.1) is 0 Å². The standard InChI is InChI=1S/C9H17NO2/c1-7(6-12-3)10(2)9(11)8-4-5-8/h7-8H,4-6H2,1-3H3. The van der Waals surface area contributed by atoms with Crippen molar-refractivity contribution in [3.8, 4) is 0 Å². The number of hydrogen-bond acceptors (Lipinski definition) is 2. The minimum Gasteiger partial charge on any atom is -0.383 e. The molecule has 0 N–H and O–H groups in total.